The largest absolute Gasteiger partial charge is 0.458 e. The third-order valence-electron chi connectivity index (χ3n) is 1.07. The number of rotatable bonds is 1. The molecule has 64 valence electrons. The maximum Gasteiger partial charge on any atom is 0.175 e. The number of hydrogen-bond donors (Lipinski definition) is 3. The van der Waals surface area contributed by atoms with Crippen LogP contribution >= 0.6 is 11.8 Å². The van der Waals surface area contributed by atoms with Crippen LogP contribution in [0.4, 0.5) is 0 Å². The van der Waals surface area contributed by atoms with Crippen molar-refractivity contribution in [2.24, 2.45) is 16.7 Å². The van der Waals surface area contributed by atoms with Crippen molar-refractivity contribution >= 4 is 22.6 Å². The Morgan fingerprint density at radius 3 is 2.92 bits per heavy atom. The second kappa shape index (κ2) is 3.82. The molecule has 0 aliphatic heterocycles. The number of nitrogens with one attached hydrogen (secondary N) is 1. The van der Waals surface area contributed by atoms with E-state index in [0.717, 1.165) is 11.8 Å². The molecule has 5 nitrogen and oxygen atoms in total. The molecule has 0 bridgehead atoms. The van der Waals surface area contributed by atoms with Crippen LogP contribution in [0.1, 0.15) is 0 Å². The molecule has 0 saturated heterocycles. The number of amidine groups is 1. The molecule has 0 spiro atoms. The van der Waals surface area contributed by atoms with Gasteiger partial charge in [-0.15, -0.1) is 0 Å². The molecule has 0 amide bonds. The van der Waals surface area contributed by atoms with E-state index in [1.165, 1.54) is 6.26 Å². The molecule has 12 heavy (non-hydrogen) atoms. The second-order valence-electron chi connectivity index (χ2n) is 1.88. The van der Waals surface area contributed by atoms with E-state index < -0.39 is 0 Å². The first-order valence-electron chi connectivity index (χ1n) is 3.07. The van der Waals surface area contributed by atoms with E-state index in [0.29, 0.717) is 5.09 Å². The highest BCUT2D eigenvalue weighted by molar-refractivity contribution is 8.15. The Hall–Kier alpha value is -1.43. The highest BCUT2D eigenvalue weighted by Crippen LogP contribution is 2.18. The first-order chi connectivity index (χ1) is 5.74. The molecule has 0 unspecified atom stereocenters. The van der Waals surface area contributed by atoms with E-state index in [4.69, 9.17) is 21.4 Å². The summed E-state index contributed by atoms with van der Waals surface area (Å²) in [7, 11) is 0. The molecule has 6 heteroatoms. The van der Waals surface area contributed by atoms with Gasteiger partial charge in [0.1, 0.15) is 5.04 Å². The van der Waals surface area contributed by atoms with Gasteiger partial charge in [-0.1, -0.05) is 0 Å². The Bertz CT molecular complexity index is 293. The van der Waals surface area contributed by atoms with E-state index >= 15 is 0 Å². The van der Waals surface area contributed by atoms with Gasteiger partial charge in [0.05, 0.1) is 6.26 Å². The van der Waals surface area contributed by atoms with Crippen molar-refractivity contribution in [2.75, 3.05) is 0 Å². The van der Waals surface area contributed by atoms with Crippen molar-refractivity contribution in [1.82, 2.24) is 0 Å². The van der Waals surface area contributed by atoms with E-state index in [9.17, 15) is 0 Å². The number of nitrogens with two attached hydrogens (primary N) is 2. The number of thioether (sulfide) groups is 1. The van der Waals surface area contributed by atoms with Gasteiger partial charge in [0, 0.05) is 0 Å². The number of furan rings is 1. The highest BCUT2D eigenvalue weighted by atomic mass is 32.2. The van der Waals surface area contributed by atoms with Crippen LogP contribution in [0.2, 0.25) is 0 Å². The molecule has 0 aliphatic carbocycles. The van der Waals surface area contributed by atoms with Crippen molar-refractivity contribution in [3.8, 4) is 0 Å². The topological polar surface area (TPSA) is 101 Å². The van der Waals surface area contributed by atoms with E-state index in [1.807, 2.05) is 0 Å². The summed E-state index contributed by atoms with van der Waals surface area (Å²) < 4.78 is 4.97. The van der Waals surface area contributed by atoms with Gasteiger partial charge in [-0.3, -0.25) is 5.41 Å². The smallest absolute Gasteiger partial charge is 0.175 e. The third kappa shape index (κ3) is 2.03. The van der Waals surface area contributed by atoms with Crippen LogP contribution in [-0.2, 0) is 0 Å². The lowest BCUT2D eigenvalue weighted by molar-refractivity contribution is 0.475. The maximum atomic E-state index is 7.34. The van der Waals surface area contributed by atoms with Crippen molar-refractivity contribution in [1.29, 1.82) is 5.41 Å². The zero-order valence-electron chi connectivity index (χ0n) is 6.15. The van der Waals surface area contributed by atoms with Crippen molar-refractivity contribution in [3.05, 3.63) is 18.4 Å². The summed E-state index contributed by atoms with van der Waals surface area (Å²) in [5.41, 5.74) is 5.27. The minimum Gasteiger partial charge on any atom is -0.458 e. The molecule has 0 aromatic carbocycles. The number of nitrogens with zero attached hydrogens (tertiary/aromatic N) is 1. The Kier molecular flexibility index (Phi) is 2.76. The minimum absolute atomic E-state index is 0.00333. The molecule has 0 fully saturated rings. The fourth-order valence-electron chi connectivity index (χ4n) is 0.533. The van der Waals surface area contributed by atoms with Gasteiger partial charge in [0.15, 0.2) is 10.9 Å². The average Bonchev–Trinajstić information content (AvgIpc) is 2.55. The van der Waals surface area contributed by atoms with Crippen LogP contribution in [0.5, 0.6) is 0 Å². The molecule has 1 rings (SSSR count). The number of hydrogen-bond acceptors (Lipinski definition) is 5. The Labute approximate surface area is 73.3 Å². The van der Waals surface area contributed by atoms with Gasteiger partial charge < -0.3 is 16.0 Å². The van der Waals surface area contributed by atoms with E-state index in [1.54, 1.807) is 12.1 Å². The van der Waals surface area contributed by atoms with Crippen LogP contribution in [0.3, 0.4) is 0 Å². The van der Waals surface area contributed by atoms with Gasteiger partial charge in [0.2, 0.25) is 0 Å². The summed E-state index contributed by atoms with van der Waals surface area (Å²) in [4.78, 5) is 0. The molecule has 1 heterocycles. The fourth-order valence-corrected chi connectivity index (χ4v) is 1.14. The minimum atomic E-state index is -0.00333. The molecule has 1 aromatic heterocycles. The van der Waals surface area contributed by atoms with Crippen LogP contribution in [0, 0.1) is 5.41 Å². The van der Waals surface area contributed by atoms with Gasteiger partial charge >= 0.3 is 0 Å². The molecular formula is C6H8N4OS. The zero-order chi connectivity index (χ0) is 8.97. The summed E-state index contributed by atoms with van der Waals surface area (Å²) in [6, 6.07) is 3.45. The van der Waals surface area contributed by atoms with Gasteiger partial charge in [-0.25, -0.2) is 0 Å². The van der Waals surface area contributed by atoms with Crippen LogP contribution < -0.4 is 11.6 Å². The van der Waals surface area contributed by atoms with Gasteiger partial charge in [-0.2, -0.15) is 5.10 Å². The zero-order valence-corrected chi connectivity index (χ0v) is 6.97. The van der Waals surface area contributed by atoms with Crippen molar-refractivity contribution < 1.29 is 4.42 Å². The molecule has 0 atom stereocenters. The Morgan fingerprint density at radius 1 is 1.67 bits per heavy atom. The average molecular weight is 184 g/mol. The quantitative estimate of drug-likeness (QED) is 0.195. The highest BCUT2D eigenvalue weighted by Gasteiger charge is 2.06. The van der Waals surface area contributed by atoms with E-state index in [2.05, 4.69) is 5.10 Å². The lowest BCUT2D eigenvalue weighted by Crippen LogP contribution is -2.21. The van der Waals surface area contributed by atoms with Crippen molar-refractivity contribution in [2.45, 2.75) is 5.09 Å². The lowest BCUT2D eigenvalue weighted by atomic mass is 10.7. The summed E-state index contributed by atoms with van der Waals surface area (Å²) in [6.07, 6.45) is 1.52. The van der Waals surface area contributed by atoms with Crippen molar-refractivity contribution in [3.63, 3.8) is 0 Å². The molecule has 0 radical (unpaired) electrons. The summed E-state index contributed by atoms with van der Waals surface area (Å²) in [5.74, 6) is 4.88. The third-order valence-corrected chi connectivity index (χ3v) is 1.92. The SMILES string of the molecule is N=C(Sc1ccco1)C(N)=NN. The Balaban J connectivity index is 2.59. The lowest BCUT2D eigenvalue weighted by Gasteiger charge is -1.97. The molecular weight excluding hydrogens is 176 g/mol. The molecule has 0 saturated carbocycles. The first-order valence-corrected chi connectivity index (χ1v) is 3.89. The summed E-state index contributed by atoms with van der Waals surface area (Å²) in [6.45, 7) is 0. The summed E-state index contributed by atoms with van der Waals surface area (Å²) in [5, 5.41) is 11.2. The van der Waals surface area contributed by atoms with Gasteiger partial charge in [0.25, 0.3) is 0 Å². The standard InChI is InChI=1S/C6H8N4OS/c7-5(10-9)6(8)12-4-2-1-3-11-4/h1-3,8H,9H2,(H2,7,10). The van der Waals surface area contributed by atoms with Gasteiger partial charge in [-0.05, 0) is 23.9 Å². The summed E-state index contributed by atoms with van der Waals surface area (Å²) >= 11 is 1.06. The normalized spacial score (nSPS) is 11.5. The van der Waals surface area contributed by atoms with Crippen LogP contribution in [-0.4, -0.2) is 10.9 Å². The van der Waals surface area contributed by atoms with E-state index in [-0.39, 0.29) is 10.9 Å². The first kappa shape index (κ1) is 8.66. The second-order valence-corrected chi connectivity index (χ2v) is 2.89. The Morgan fingerprint density at radius 2 is 2.42 bits per heavy atom. The molecule has 0 aliphatic rings. The van der Waals surface area contributed by atoms with Crippen LogP contribution in [0.25, 0.3) is 0 Å². The predicted molar refractivity (Wildman–Crippen MR) is 48.1 cm³/mol. The monoisotopic (exact) mass is 184 g/mol. The van der Waals surface area contributed by atoms with Crippen LogP contribution in [0.15, 0.2) is 33.0 Å². The maximum absolute atomic E-state index is 7.34. The predicted octanol–water partition coefficient (Wildman–Crippen LogP) is 0.580. The molecule has 5 N–H and O–H groups in total. The number of hydrazone groups is 1. The molecule has 1 aromatic rings. The fraction of sp³-hybridized carbons (Fsp3) is 0.